The van der Waals surface area contributed by atoms with E-state index in [1.807, 2.05) is 6.92 Å². The van der Waals surface area contributed by atoms with E-state index >= 15 is 0 Å². The van der Waals surface area contributed by atoms with Crippen LogP contribution in [0.2, 0.25) is 0 Å². The summed E-state index contributed by atoms with van der Waals surface area (Å²) >= 11 is 0. The van der Waals surface area contributed by atoms with Crippen molar-refractivity contribution in [2.75, 3.05) is 18.0 Å². The minimum atomic E-state index is -0.377. The standard InChI is InChI=1S/C12H18N4O2/c1-9(13)10-3-2-6-15(8-10)11-4-5-14-7-12(11)16(17)18/h4-5,7,9-10H,2-3,6,8,13H2,1H3. The normalized spacial score (nSPS) is 21.7. The number of anilines is 1. The third kappa shape index (κ3) is 2.59. The highest BCUT2D eigenvalue weighted by molar-refractivity contribution is 5.61. The van der Waals surface area contributed by atoms with Crippen LogP contribution < -0.4 is 10.6 Å². The predicted molar refractivity (Wildman–Crippen MR) is 69.5 cm³/mol. The summed E-state index contributed by atoms with van der Waals surface area (Å²) in [7, 11) is 0. The molecule has 2 heterocycles. The molecule has 0 radical (unpaired) electrons. The number of nitro groups is 1. The van der Waals surface area contributed by atoms with Crippen LogP contribution in [0.25, 0.3) is 0 Å². The molecule has 0 spiro atoms. The Morgan fingerprint density at radius 2 is 2.44 bits per heavy atom. The maximum atomic E-state index is 11.0. The fourth-order valence-electron chi connectivity index (χ4n) is 2.44. The Kier molecular flexibility index (Phi) is 3.76. The summed E-state index contributed by atoms with van der Waals surface area (Å²) in [4.78, 5) is 16.5. The molecule has 6 heteroatoms. The van der Waals surface area contributed by atoms with Crippen molar-refractivity contribution in [3.8, 4) is 0 Å². The molecule has 1 aromatic heterocycles. The average Bonchev–Trinajstić information content (AvgIpc) is 2.39. The number of pyridine rings is 1. The van der Waals surface area contributed by atoms with Gasteiger partial charge in [0.15, 0.2) is 0 Å². The van der Waals surface area contributed by atoms with Crippen LogP contribution in [0.3, 0.4) is 0 Å². The third-order valence-corrected chi connectivity index (χ3v) is 3.52. The van der Waals surface area contributed by atoms with Gasteiger partial charge in [-0.25, -0.2) is 0 Å². The zero-order valence-corrected chi connectivity index (χ0v) is 10.5. The average molecular weight is 250 g/mol. The quantitative estimate of drug-likeness (QED) is 0.650. The number of hydrogen-bond acceptors (Lipinski definition) is 5. The zero-order valence-electron chi connectivity index (χ0n) is 10.5. The highest BCUT2D eigenvalue weighted by Gasteiger charge is 2.26. The number of nitrogens with two attached hydrogens (primary N) is 1. The summed E-state index contributed by atoms with van der Waals surface area (Å²) in [5.41, 5.74) is 6.66. The van der Waals surface area contributed by atoms with E-state index in [2.05, 4.69) is 9.88 Å². The van der Waals surface area contributed by atoms with E-state index in [9.17, 15) is 10.1 Å². The second kappa shape index (κ2) is 5.30. The van der Waals surface area contributed by atoms with Crippen LogP contribution in [0.1, 0.15) is 19.8 Å². The fourth-order valence-corrected chi connectivity index (χ4v) is 2.44. The molecule has 0 saturated carbocycles. The van der Waals surface area contributed by atoms with Gasteiger partial charge in [-0.2, -0.15) is 0 Å². The Labute approximate surface area is 106 Å². The van der Waals surface area contributed by atoms with Gasteiger partial charge in [-0.15, -0.1) is 0 Å². The third-order valence-electron chi connectivity index (χ3n) is 3.52. The fraction of sp³-hybridized carbons (Fsp3) is 0.583. The lowest BCUT2D eigenvalue weighted by Crippen LogP contribution is -2.42. The molecule has 2 N–H and O–H groups in total. The number of rotatable bonds is 3. The highest BCUT2D eigenvalue weighted by atomic mass is 16.6. The summed E-state index contributed by atoms with van der Waals surface area (Å²) in [5, 5.41) is 11.0. The largest absolute Gasteiger partial charge is 0.366 e. The van der Waals surface area contributed by atoms with Gasteiger partial charge in [-0.05, 0) is 31.7 Å². The molecule has 0 bridgehead atoms. The van der Waals surface area contributed by atoms with Gasteiger partial charge in [0.25, 0.3) is 0 Å². The van der Waals surface area contributed by atoms with Gasteiger partial charge >= 0.3 is 5.69 Å². The first-order valence-electron chi connectivity index (χ1n) is 6.18. The van der Waals surface area contributed by atoms with E-state index in [-0.39, 0.29) is 16.7 Å². The molecule has 2 rings (SSSR count). The van der Waals surface area contributed by atoms with Gasteiger partial charge in [-0.1, -0.05) is 0 Å². The SMILES string of the molecule is CC(N)C1CCCN(c2ccncc2[N+](=O)[O-])C1. The van der Waals surface area contributed by atoms with Crippen molar-refractivity contribution in [3.63, 3.8) is 0 Å². The number of piperidine rings is 1. The molecule has 0 aromatic carbocycles. The molecular weight excluding hydrogens is 232 g/mol. The van der Waals surface area contributed by atoms with Crippen LogP contribution in [-0.4, -0.2) is 29.0 Å². The monoisotopic (exact) mass is 250 g/mol. The highest BCUT2D eigenvalue weighted by Crippen LogP contribution is 2.30. The number of aromatic nitrogens is 1. The molecule has 1 aliphatic heterocycles. The first-order chi connectivity index (χ1) is 8.59. The first kappa shape index (κ1) is 12.8. The molecule has 0 amide bonds. The van der Waals surface area contributed by atoms with E-state index in [0.29, 0.717) is 11.6 Å². The molecule has 98 valence electrons. The molecule has 1 fully saturated rings. The zero-order chi connectivity index (χ0) is 13.1. The van der Waals surface area contributed by atoms with Crippen LogP contribution in [-0.2, 0) is 0 Å². The van der Waals surface area contributed by atoms with Crippen LogP contribution in [0.15, 0.2) is 18.5 Å². The summed E-state index contributed by atoms with van der Waals surface area (Å²) in [6.45, 7) is 3.62. The molecule has 0 aliphatic carbocycles. The van der Waals surface area contributed by atoms with Crippen molar-refractivity contribution in [3.05, 3.63) is 28.6 Å². The van der Waals surface area contributed by atoms with Gasteiger partial charge in [0, 0.05) is 25.3 Å². The second-order valence-electron chi connectivity index (χ2n) is 4.83. The molecule has 18 heavy (non-hydrogen) atoms. The van der Waals surface area contributed by atoms with Gasteiger partial charge in [0.05, 0.1) is 4.92 Å². The topological polar surface area (TPSA) is 85.3 Å². The lowest BCUT2D eigenvalue weighted by molar-refractivity contribution is -0.384. The van der Waals surface area contributed by atoms with Gasteiger partial charge in [0.2, 0.25) is 0 Å². The Morgan fingerprint density at radius 1 is 1.67 bits per heavy atom. The Hall–Kier alpha value is -1.69. The van der Waals surface area contributed by atoms with Crippen LogP contribution >= 0.6 is 0 Å². The predicted octanol–water partition coefficient (Wildman–Crippen LogP) is 1.55. The first-order valence-corrected chi connectivity index (χ1v) is 6.18. The summed E-state index contributed by atoms with van der Waals surface area (Å²) in [6, 6.07) is 1.83. The molecule has 6 nitrogen and oxygen atoms in total. The maximum Gasteiger partial charge on any atom is 0.310 e. The molecular formula is C12H18N4O2. The van der Waals surface area contributed by atoms with Crippen LogP contribution in [0.4, 0.5) is 11.4 Å². The minimum Gasteiger partial charge on any atom is -0.366 e. The molecule has 1 saturated heterocycles. The van der Waals surface area contributed by atoms with Gasteiger partial charge in [0.1, 0.15) is 11.9 Å². The van der Waals surface area contributed by atoms with E-state index in [1.54, 1.807) is 12.3 Å². The lowest BCUT2D eigenvalue weighted by Gasteiger charge is -2.35. The summed E-state index contributed by atoms with van der Waals surface area (Å²) in [5.74, 6) is 0.395. The Bertz CT molecular complexity index is 436. The van der Waals surface area contributed by atoms with Crippen molar-refractivity contribution in [1.82, 2.24) is 4.98 Å². The Balaban J connectivity index is 2.23. The molecule has 2 atom stereocenters. The summed E-state index contributed by atoms with van der Waals surface area (Å²) in [6.07, 6.45) is 5.02. The van der Waals surface area contributed by atoms with Crippen molar-refractivity contribution in [2.24, 2.45) is 11.7 Å². The molecule has 2 unspecified atom stereocenters. The van der Waals surface area contributed by atoms with Gasteiger partial charge in [-0.3, -0.25) is 15.1 Å². The molecule has 1 aromatic rings. The maximum absolute atomic E-state index is 11.0. The van der Waals surface area contributed by atoms with E-state index in [0.717, 1.165) is 25.9 Å². The van der Waals surface area contributed by atoms with E-state index in [1.165, 1.54) is 6.20 Å². The van der Waals surface area contributed by atoms with Gasteiger partial charge < -0.3 is 10.6 Å². The summed E-state index contributed by atoms with van der Waals surface area (Å²) < 4.78 is 0. The van der Waals surface area contributed by atoms with Crippen molar-refractivity contribution >= 4 is 11.4 Å². The van der Waals surface area contributed by atoms with Crippen molar-refractivity contribution in [1.29, 1.82) is 0 Å². The minimum absolute atomic E-state index is 0.0721. The Morgan fingerprint density at radius 3 is 3.11 bits per heavy atom. The van der Waals surface area contributed by atoms with Crippen LogP contribution in [0, 0.1) is 16.0 Å². The van der Waals surface area contributed by atoms with Crippen molar-refractivity contribution < 1.29 is 4.92 Å². The van der Waals surface area contributed by atoms with E-state index in [4.69, 9.17) is 5.73 Å². The number of nitrogens with zero attached hydrogens (tertiary/aromatic N) is 3. The van der Waals surface area contributed by atoms with Crippen molar-refractivity contribution in [2.45, 2.75) is 25.8 Å². The second-order valence-corrected chi connectivity index (χ2v) is 4.83. The molecule has 1 aliphatic rings. The van der Waals surface area contributed by atoms with E-state index < -0.39 is 0 Å². The lowest BCUT2D eigenvalue weighted by atomic mass is 9.92. The number of hydrogen-bond donors (Lipinski definition) is 1. The van der Waals surface area contributed by atoms with Crippen LogP contribution in [0.5, 0.6) is 0 Å². The smallest absolute Gasteiger partial charge is 0.310 e.